The van der Waals surface area contributed by atoms with Crippen LogP contribution in [0.15, 0.2) is 72.8 Å². The maximum Gasteiger partial charge on any atom is 0.186 e. The summed E-state index contributed by atoms with van der Waals surface area (Å²) in [5.41, 5.74) is 7.56. The lowest BCUT2D eigenvalue weighted by Gasteiger charge is -2.14. The molecule has 0 fully saturated rings. The van der Waals surface area contributed by atoms with Gasteiger partial charge < -0.3 is 0 Å². The van der Waals surface area contributed by atoms with Crippen molar-refractivity contribution >= 4 is 11.9 Å². The lowest BCUT2D eigenvalue weighted by Crippen LogP contribution is -2.00. The first-order valence-corrected chi connectivity index (χ1v) is 8.51. The van der Waals surface area contributed by atoms with E-state index in [1.54, 1.807) is 6.08 Å². The Morgan fingerprint density at radius 3 is 2.08 bits per heavy atom. The van der Waals surface area contributed by atoms with Crippen LogP contribution in [0.4, 0.5) is 0 Å². The Morgan fingerprint density at radius 1 is 0.800 bits per heavy atom. The number of rotatable bonds is 4. The van der Waals surface area contributed by atoms with Crippen molar-refractivity contribution in [3.63, 3.8) is 0 Å². The zero-order chi connectivity index (χ0) is 17.8. The van der Waals surface area contributed by atoms with E-state index in [9.17, 15) is 4.79 Å². The first-order valence-electron chi connectivity index (χ1n) is 8.51. The van der Waals surface area contributed by atoms with Crippen LogP contribution in [-0.4, -0.2) is 5.78 Å². The third-order valence-electron chi connectivity index (χ3n) is 4.37. The minimum absolute atomic E-state index is 0.0267. The molecule has 3 aromatic rings. The predicted molar refractivity (Wildman–Crippen MR) is 106 cm³/mol. The third kappa shape index (κ3) is 3.77. The summed E-state index contributed by atoms with van der Waals surface area (Å²) >= 11 is 0. The van der Waals surface area contributed by atoms with Crippen molar-refractivity contribution in [3.8, 4) is 11.1 Å². The molecule has 0 amide bonds. The fourth-order valence-electron chi connectivity index (χ4n) is 3.35. The highest BCUT2D eigenvalue weighted by Gasteiger charge is 2.14. The largest absolute Gasteiger partial charge is 0.289 e. The van der Waals surface area contributed by atoms with E-state index in [2.05, 4.69) is 32.9 Å². The Balaban J connectivity index is 2.02. The average Bonchev–Trinajstić information content (AvgIpc) is 2.60. The SMILES string of the molecule is Cc1cc(C)c(-c2ccccc2C(=O)/C=C/c2ccccc2)c(C)c1. The monoisotopic (exact) mass is 326 g/mol. The minimum atomic E-state index is 0.0267. The molecule has 0 aliphatic carbocycles. The van der Waals surface area contributed by atoms with Crippen LogP contribution in [0.3, 0.4) is 0 Å². The summed E-state index contributed by atoms with van der Waals surface area (Å²) in [7, 11) is 0. The van der Waals surface area contributed by atoms with Gasteiger partial charge in [0.15, 0.2) is 5.78 Å². The number of allylic oxidation sites excluding steroid dienone is 1. The second-order valence-electron chi connectivity index (χ2n) is 6.43. The van der Waals surface area contributed by atoms with Crippen LogP contribution < -0.4 is 0 Å². The molecule has 0 saturated carbocycles. The maximum atomic E-state index is 12.8. The molecule has 124 valence electrons. The highest BCUT2D eigenvalue weighted by molar-refractivity contribution is 6.11. The van der Waals surface area contributed by atoms with Gasteiger partial charge in [0.1, 0.15) is 0 Å². The molecule has 0 heterocycles. The molecule has 1 heteroatoms. The number of hydrogen-bond acceptors (Lipinski definition) is 1. The lowest BCUT2D eigenvalue weighted by atomic mass is 9.89. The normalized spacial score (nSPS) is 11.0. The fraction of sp³-hybridized carbons (Fsp3) is 0.125. The molecule has 0 N–H and O–H groups in total. The number of aryl methyl sites for hydroxylation is 3. The Kier molecular flexibility index (Phi) is 4.95. The van der Waals surface area contributed by atoms with E-state index in [1.807, 2.05) is 60.7 Å². The average molecular weight is 326 g/mol. The Labute approximate surface area is 149 Å². The Hall–Kier alpha value is -2.93. The van der Waals surface area contributed by atoms with E-state index in [0.29, 0.717) is 0 Å². The first kappa shape index (κ1) is 16.9. The number of carbonyl (C=O) groups excluding carboxylic acids is 1. The van der Waals surface area contributed by atoms with Gasteiger partial charge in [-0.25, -0.2) is 0 Å². The molecule has 25 heavy (non-hydrogen) atoms. The molecule has 3 rings (SSSR count). The molecule has 0 aliphatic heterocycles. The van der Waals surface area contributed by atoms with Crippen molar-refractivity contribution in [2.45, 2.75) is 20.8 Å². The zero-order valence-electron chi connectivity index (χ0n) is 14.9. The van der Waals surface area contributed by atoms with Crippen LogP contribution in [0.5, 0.6) is 0 Å². The van der Waals surface area contributed by atoms with Crippen LogP contribution in [0, 0.1) is 20.8 Å². The lowest BCUT2D eigenvalue weighted by molar-refractivity contribution is 0.104. The summed E-state index contributed by atoms with van der Waals surface area (Å²) in [5.74, 6) is 0.0267. The standard InChI is InChI=1S/C24H22O/c1-17-15-18(2)24(19(3)16-17)22-12-8-7-11-21(22)23(25)14-13-20-9-5-4-6-10-20/h4-16H,1-3H3/b14-13+. The summed E-state index contributed by atoms with van der Waals surface area (Å²) in [6.07, 6.45) is 3.53. The minimum Gasteiger partial charge on any atom is -0.289 e. The molecule has 0 saturated heterocycles. The van der Waals surface area contributed by atoms with E-state index in [1.165, 1.54) is 16.7 Å². The van der Waals surface area contributed by atoms with E-state index in [-0.39, 0.29) is 5.78 Å². The molecule has 1 nitrogen and oxygen atoms in total. The molecule has 0 bridgehead atoms. The number of ketones is 1. The van der Waals surface area contributed by atoms with Crippen LogP contribution in [-0.2, 0) is 0 Å². The first-order chi connectivity index (χ1) is 12.1. The van der Waals surface area contributed by atoms with E-state index < -0.39 is 0 Å². The van der Waals surface area contributed by atoms with Gasteiger partial charge in [0.05, 0.1) is 0 Å². The van der Waals surface area contributed by atoms with Gasteiger partial charge in [-0.1, -0.05) is 78.4 Å². The van der Waals surface area contributed by atoms with E-state index >= 15 is 0 Å². The molecule has 0 radical (unpaired) electrons. The summed E-state index contributed by atoms with van der Waals surface area (Å²) < 4.78 is 0. The molecular weight excluding hydrogens is 304 g/mol. The summed E-state index contributed by atoms with van der Waals surface area (Å²) in [6.45, 7) is 6.32. The number of carbonyl (C=O) groups is 1. The molecular formula is C24H22O. The van der Waals surface area contributed by atoms with Gasteiger partial charge in [0, 0.05) is 5.56 Å². The topological polar surface area (TPSA) is 17.1 Å². The molecule has 0 aromatic heterocycles. The van der Waals surface area contributed by atoms with Gasteiger partial charge in [-0.05, 0) is 54.7 Å². The van der Waals surface area contributed by atoms with Crippen molar-refractivity contribution in [1.29, 1.82) is 0 Å². The third-order valence-corrected chi connectivity index (χ3v) is 4.37. The molecule has 0 aliphatic rings. The molecule has 0 spiro atoms. The van der Waals surface area contributed by atoms with E-state index in [4.69, 9.17) is 0 Å². The van der Waals surface area contributed by atoms with Crippen LogP contribution >= 0.6 is 0 Å². The predicted octanol–water partition coefficient (Wildman–Crippen LogP) is 6.17. The van der Waals surface area contributed by atoms with Crippen LogP contribution in [0.1, 0.15) is 32.6 Å². The Bertz CT molecular complexity index is 910. The van der Waals surface area contributed by atoms with Gasteiger partial charge >= 0.3 is 0 Å². The van der Waals surface area contributed by atoms with Gasteiger partial charge in [0.25, 0.3) is 0 Å². The molecule has 3 aromatic carbocycles. The van der Waals surface area contributed by atoms with Crippen molar-refractivity contribution in [3.05, 3.63) is 101 Å². The van der Waals surface area contributed by atoms with Crippen molar-refractivity contribution < 1.29 is 4.79 Å². The fourth-order valence-corrected chi connectivity index (χ4v) is 3.35. The summed E-state index contributed by atoms with van der Waals surface area (Å²) in [4.78, 5) is 12.8. The summed E-state index contributed by atoms with van der Waals surface area (Å²) in [5, 5.41) is 0. The smallest absolute Gasteiger partial charge is 0.186 e. The Morgan fingerprint density at radius 2 is 1.40 bits per heavy atom. The van der Waals surface area contributed by atoms with Gasteiger partial charge in [-0.15, -0.1) is 0 Å². The number of benzene rings is 3. The van der Waals surface area contributed by atoms with Gasteiger partial charge in [0.2, 0.25) is 0 Å². The van der Waals surface area contributed by atoms with Gasteiger partial charge in [-0.2, -0.15) is 0 Å². The van der Waals surface area contributed by atoms with Gasteiger partial charge in [-0.3, -0.25) is 4.79 Å². The zero-order valence-corrected chi connectivity index (χ0v) is 14.9. The second-order valence-corrected chi connectivity index (χ2v) is 6.43. The molecule has 0 unspecified atom stereocenters. The quantitative estimate of drug-likeness (QED) is 0.413. The van der Waals surface area contributed by atoms with Crippen molar-refractivity contribution in [2.24, 2.45) is 0 Å². The van der Waals surface area contributed by atoms with Crippen molar-refractivity contribution in [2.75, 3.05) is 0 Å². The number of hydrogen-bond donors (Lipinski definition) is 0. The van der Waals surface area contributed by atoms with Crippen LogP contribution in [0.2, 0.25) is 0 Å². The highest BCUT2D eigenvalue weighted by atomic mass is 16.1. The van der Waals surface area contributed by atoms with E-state index in [0.717, 1.165) is 22.3 Å². The summed E-state index contributed by atoms with van der Waals surface area (Å²) in [6, 6.07) is 22.1. The highest BCUT2D eigenvalue weighted by Crippen LogP contribution is 2.31. The second kappa shape index (κ2) is 7.31. The van der Waals surface area contributed by atoms with Crippen LogP contribution in [0.25, 0.3) is 17.2 Å². The maximum absolute atomic E-state index is 12.8. The van der Waals surface area contributed by atoms with Crippen molar-refractivity contribution in [1.82, 2.24) is 0 Å². The molecule has 0 atom stereocenters.